The smallest absolute Gasteiger partial charge is 0.382 e. The molecule has 0 bridgehead atoms. The zero-order chi connectivity index (χ0) is 61.8. The van der Waals surface area contributed by atoms with Gasteiger partial charge in [0, 0.05) is 53.8 Å². The molecular formula is C40H52N14O27P5+. The van der Waals surface area contributed by atoms with Crippen LogP contribution < -0.4 is 34.0 Å². The van der Waals surface area contributed by atoms with Gasteiger partial charge in [-0.15, -0.1) is 9.42 Å². The van der Waals surface area contributed by atoms with Crippen molar-refractivity contribution in [2.45, 2.75) is 113 Å². The number of phosphoric ester groups is 4. The lowest BCUT2D eigenvalue weighted by Gasteiger charge is -2.25. The van der Waals surface area contributed by atoms with E-state index in [2.05, 4.69) is 39.9 Å². The van der Waals surface area contributed by atoms with Crippen LogP contribution >= 0.6 is 39.5 Å². The Bertz CT molecular complexity index is 3990. The number of nitrogen functional groups attached to an aromatic ring is 2. The SMILES string of the molecule is Cc1cn([C@H]2C[C@H](OP(=O)(O)OC[C@H]3O[C@@H](n4cnc5c(N)ncnc54)C[C@@H]3OP(=O)(O)O)[C@@H](COP(=O)(O)O[C@H]3C[C@H](n4cc(C)c(=O)[nH]c4=O)O[C@@H]3COP(=O)(O)O[C@H]3C[C@H](n4cnc5c(N)ncnc54)O[C@@H]3CO[P+](=O)O)O2)c(=O)[nH]c1=O. The van der Waals surface area contributed by atoms with Gasteiger partial charge < -0.3 is 54.9 Å². The van der Waals surface area contributed by atoms with Crippen molar-refractivity contribution in [2.24, 2.45) is 0 Å². The Balaban J connectivity index is 0.842. The van der Waals surface area contributed by atoms with Crippen molar-refractivity contribution in [3.05, 3.63) is 90.5 Å². The van der Waals surface area contributed by atoms with Crippen LogP contribution in [0.4, 0.5) is 11.6 Å². The molecule has 0 spiro atoms. The number of ether oxygens (including phenoxy) is 4. The lowest BCUT2D eigenvalue weighted by Crippen LogP contribution is -2.33. The predicted octanol–water partition coefficient (Wildman–Crippen LogP) is -0.651. The number of rotatable bonds is 24. The summed E-state index contributed by atoms with van der Waals surface area (Å²) in [5, 5.41) is 0. The summed E-state index contributed by atoms with van der Waals surface area (Å²) < 4.78 is 136. The van der Waals surface area contributed by atoms with Gasteiger partial charge in [-0.25, -0.2) is 57.8 Å². The van der Waals surface area contributed by atoms with Crippen molar-refractivity contribution < 1.29 is 107 Å². The van der Waals surface area contributed by atoms with Gasteiger partial charge in [-0.1, -0.05) is 0 Å². The number of imidazole rings is 2. The average molecular weight is 1320 g/mol. The van der Waals surface area contributed by atoms with E-state index in [0.29, 0.717) is 0 Å². The Morgan fingerprint density at radius 3 is 1.23 bits per heavy atom. The molecule has 4 unspecified atom stereocenters. The molecule has 4 saturated heterocycles. The summed E-state index contributed by atoms with van der Waals surface area (Å²) in [6.45, 7) is -0.981. The molecule has 4 fully saturated rings. The molecule has 4 aliphatic heterocycles. The van der Waals surface area contributed by atoms with Gasteiger partial charge in [-0.05, 0) is 13.8 Å². The summed E-state index contributed by atoms with van der Waals surface area (Å²) in [6.07, 6.45) is -12.2. The number of hydrogen-bond donors (Lipinski definition) is 10. The normalized spacial score (nSPS) is 28.5. The second kappa shape index (κ2) is 25.1. The minimum atomic E-state index is -5.51. The summed E-state index contributed by atoms with van der Waals surface area (Å²) in [4.78, 5) is 142. The van der Waals surface area contributed by atoms with Crippen LogP contribution in [0.25, 0.3) is 22.3 Å². The summed E-state index contributed by atoms with van der Waals surface area (Å²) in [6, 6.07) is 0. The number of hydrogen-bond acceptors (Lipinski definition) is 29. The number of nitrogens with two attached hydrogens (primary N) is 2. The minimum absolute atomic E-state index is 0.000616. The van der Waals surface area contributed by atoms with E-state index in [9.17, 15) is 71.4 Å². The maximum Gasteiger partial charge on any atom is 0.694 e. The molecule has 6 aromatic rings. The van der Waals surface area contributed by atoms with Crippen LogP contribution in [0.15, 0.2) is 56.9 Å². The third-order valence-electron chi connectivity index (χ3n) is 13.7. The third-order valence-corrected chi connectivity index (χ3v) is 17.6. The summed E-state index contributed by atoms with van der Waals surface area (Å²) in [7, 11) is -24.7. The van der Waals surface area contributed by atoms with Gasteiger partial charge in [0.15, 0.2) is 22.9 Å². The molecule has 468 valence electrons. The molecule has 10 heterocycles. The number of aryl methyl sites for hydroxylation is 2. The first-order valence-corrected chi connectivity index (χ1v) is 32.3. The number of fused-ring (bicyclic) bond motifs is 2. The molecule has 16 atom stereocenters. The van der Waals surface area contributed by atoms with Crippen LogP contribution in [0.3, 0.4) is 0 Å². The van der Waals surface area contributed by atoms with Gasteiger partial charge in [-0.2, -0.15) is 0 Å². The van der Waals surface area contributed by atoms with Crippen LogP contribution in [-0.4, -0.2) is 163 Å². The van der Waals surface area contributed by atoms with Crippen LogP contribution in [0.5, 0.6) is 0 Å². The molecule has 0 radical (unpaired) electrons. The first-order chi connectivity index (χ1) is 40.5. The fraction of sp³-hybridized carbons (Fsp3) is 0.550. The number of anilines is 2. The summed E-state index contributed by atoms with van der Waals surface area (Å²) in [5.41, 5.74) is 8.95. The average Bonchev–Trinajstić information content (AvgIpc) is 3.35. The number of nitrogens with zero attached hydrogens (tertiary/aromatic N) is 10. The van der Waals surface area contributed by atoms with Crippen molar-refractivity contribution in [1.82, 2.24) is 58.1 Å². The van der Waals surface area contributed by atoms with Gasteiger partial charge in [0.25, 0.3) is 11.1 Å². The topological polar surface area (TPSA) is 566 Å². The van der Waals surface area contributed by atoms with Gasteiger partial charge in [-0.3, -0.25) is 69.5 Å². The van der Waals surface area contributed by atoms with Crippen molar-refractivity contribution >= 4 is 73.5 Å². The lowest BCUT2D eigenvalue weighted by molar-refractivity contribution is -0.0629. The molecule has 0 amide bonds. The quantitative estimate of drug-likeness (QED) is 0.0337. The number of phosphoric acid groups is 4. The van der Waals surface area contributed by atoms with E-state index >= 15 is 0 Å². The molecule has 12 N–H and O–H groups in total. The monoisotopic (exact) mass is 1320 g/mol. The van der Waals surface area contributed by atoms with Crippen LogP contribution in [0.1, 0.15) is 61.7 Å². The van der Waals surface area contributed by atoms with Gasteiger partial charge in [0.1, 0.15) is 104 Å². The zero-order valence-electron chi connectivity index (χ0n) is 44.2. The first kappa shape index (κ1) is 63.4. The summed E-state index contributed by atoms with van der Waals surface area (Å²) >= 11 is 0. The van der Waals surface area contributed by atoms with E-state index < -0.39 is 175 Å². The molecule has 4 aliphatic rings. The highest BCUT2D eigenvalue weighted by atomic mass is 31.2. The maximum atomic E-state index is 14.0. The zero-order valence-corrected chi connectivity index (χ0v) is 48.6. The van der Waals surface area contributed by atoms with E-state index in [1.54, 1.807) is 0 Å². The molecule has 86 heavy (non-hydrogen) atoms. The Morgan fingerprint density at radius 1 is 0.547 bits per heavy atom. The highest BCUT2D eigenvalue weighted by Crippen LogP contribution is 2.54. The van der Waals surface area contributed by atoms with Crippen LogP contribution in [0.2, 0.25) is 0 Å². The number of aromatic amines is 2. The fourth-order valence-corrected chi connectivity index (χ4v) is 13.4. The Kier molecular flexibility index (Phi) is 18.5. The molecule has 10 rings (SSSR count). The molecule has 0 saturated carbocycles. The van der Waals surface area contributed by atoms with E-state index in [1.807, 2.05) is 0 Å². The van der Waals surface area contributed by atoms with E-state index in [4.69, 9.17) is 66.6 Å². The standard InChI is InChI=1S/C40H51N14O27P5/c1-17-7-51(39(57)49-37(17)55)27-4-21(80-85(66,67)71-10-24-19(78-83(61,62)63)3-29(77-24)53-15-47-31-33(41)43-13-45-35(31)53)26(76-27)12-73-86(68,69)81-22-5-28(52-8-18(2)38(56)50-40(52)58)75-25(22)11-72-84(64,65)79-20-6-30(74-23(20)9-70-82(59)60)54-16-48-32-34(42)44-14-46-36(32)54/h7-8,13-16,19-30H,3-6,9-12H2,1-2H3,(H11-,41,42,43,44,45,46,49,50,55,56,57,58,59,60,61,62,63,64,65,66,67,68,69)/p+1/t19-,20-,21-,22-,23+,24+,25+,26+,27+,28+,29+,30+/m0/s1. The summed E-state index contributed by atoms with van der Waals surface area (Å²) in [5.74, 6) is 0.0228. The first-order valence-electron chi connectivity index (χ1n) is 25.1. The second-order valence-electron chi connectivity index (χ2n) is 19.5. The maximum absolute atomic E-state index is 14.0. The molecule has 0 aromatic carbocycles. The Hall–Kier alpha value is -5.64. The number of nitrogens with one attached hydrogen (secondary N) is 2. The van der Waals surface area contributed by atoms with Gasteiger partial charge in [0.2, 0.25) is 0 Å². The van der Waals surface area contributed by atoms with Gasteiger partial charge in [0.05, 0.1) is 32.5 Å². The minimum Gasteiger partial charge on any atom is -0.382 e. The Morgan fingerprint density at radius 2 is 0.884 bits per heavy atom. The molecule has 6 aromatic heterocycles. The van der Waals surface area contributed by atoms with Crippen molar-refractivity contribution in [3.63, 3.8) is 0 Å². The second-order valence-corrected chi connectivity index (χ2v) is 25.6. The highest BCUT2D eigenvalue weighted by Gasteiger charge is 2.49. The number of aromatic nitrogens is 12. The van der Waals surface area contributed by atoms with E-state index in [-0.39, 0.29) is 57.9 Å². The van der Waals surface area contributed by atoms with E-state index in [0.717, 1.165) is 34.2 Å². The van der Waals surface area contributed by atoms with E-state index in [1.165, 1.54) is 35.6 Å². The fourth-order valence-electron chi connectivity index (χ4n) is 9.71. The van der Waals surface area contributed by atoms with Crippen LogP contribution in [-0.2, 0) is 78.0 Å². The van der Waals surface area contributed by atoms with Crippen LogP contribution in [0, 0.1) is 13.8 Å². The largest absolute Gasteiger partial charge is 0.694 e. The highest BCUT2D eigenvalue weighted by molar-refractivity contribution is 7.48. The third kappa shape index (κ3) is 14.6. The molecule has 41 nitrogen and oxygen atoms in total. The Labute approximate surface area is 479 Å². The predicted molar refractivity (Wildman–Crippen MR) is 280 cm³/mol. The van der Waals surface area contributed by atoms with Crippen molar-refractivity contribution in [3.8, 4) is 0 Å². The van der Waals surface area contributed by atoms with Gasteiger partial charge >= 0.3 is 50.9 Å². The lowest BCUT2D eigenvalue weighted by atomic mass is 10.2. The molecule has 0 aliphatic carbocycles. The molecule has 46 heteroatoms. The van der Waals surface area contributed by atoms with Crippen molar-refractivity contribution in [2.75, 3.05) is 37.9 Å². The number of H-pyrrole nitrogens is 2. The molecular weight excluding hydrogens is 1260 g/mol. The van der Waals surface area contributed by atoms with Crippen molar-refractivity contribution in [1.29, 1.82) is 0 Å².